The van der Waals surface area contributed by atoms with Crippen molar-refractivity contribution in [3.8, 4) is 5.69 Å². The number of amides is 1. The smallest absolute Gasteiger partial charge is 0.271 e. The van der Waals surface area contributed by atoms with Gasteiger partial charge in [0.05, 0.1) is 5.69 Å². The first kappa shape index (κ1) is 17.8. The Morgan fingerprint density at radius 2 is 1.57 bits per heavy atom. The van der Waals surface area contributed by atoms with Crippen molar-refractivity contribution in [2.24, 2.45) is 0 Å². The lowest BCUT2D eigenvalue weighted by atomic mass is 10.2. The van der Waals surface area contributed by atoms with Crippen molar-refractivity contribution in [3.63, 3.8) is 0 Å². The van der Waals surface area contributed by atoms with Gasteiger partial charge in [-0.1, -0.05) is 0 Å². The van der Waals surface area contributed by atoms with E-state index in [2.05, 4.69) is 10.1 Å². The first-order chi connectivity index (χ1) is 13.6. The summed E-state index contributed by atoms with van der Waals surface area (Å²) in [5.74, 6) is 0.245. The molecule has 2 aromatic heterocycles. The number of piperazine rings is 1. The minimum atomic E-state index is -0.372. The lowest BCUT2D eigenvalue weighted by Gasteiger charge is -2.35. The minimum absolute atomic E-state index is 0.0220. The average molecular weight is 379 g/mol. The number of carbonyl (C=O) groups excluding carboxylic acids is 1. The van der Waals surface area contributed by atoms with E-state index in [0.29, 0.717) is 43.2 Å². The van der Waals surface area contributed by atoms with Gasteiger partial charge in [-0.25, -0.2) is 4.39 Å². The van der Waals surface area contributed by atoms with Crippen LogP contribution in [-0.2, 0) is 0 Å². The molecule has 0 radical (unpaired) electrons. The van der Waals surface area contributed by atoms with Gasteiger partial charge in [0.2, 0.25) is 0 Å². The monoisotopic (exact) mass is 379 g/mol. The zero-order valence-electron chi connectivity index (χ0n) is 15.0. The van der Waals surface area contributed by atoms with Gasteiger partial charge in [0.1, 0.15) is 11.6 Å². The molecule has 1 aliphatic heterocycles. The van der Waals surface area contributed by atoms with E-state index in [1.807, 2.05) is 4.90 Å². The highest BCUT2D eigenvalue weighted by Gasteiger charge is 2.23. The fourth-order valence-corrected chi connectivity index (χ4v) is 3.15. The zero-order valence-corrected chi connectivity index (χ0v) is 15.0. The minimum Gasteiger partial charge on any atom is -0.352 e. The molecule has 0 spiro atoms. The molecule has 0 atom stereocenters. The second kappa shape index (κ2) is 7.59. The molecule has 0 bridgehead atoms. The van der Waals surface area contributed by atoms with Crippen LogP contribution >= 0.6 is 0 Å². The fraction of sp³-hybridized carbons (Fsp3) is 0.200. The summed E-state index contributed by atoms with van der Waals surface area (Å²) in [6.45, 7) is 2.31. The molecule has 28 heavy (non-hydrogen) atoms. The van der Waals surface area contributed by atoms with Crippen LogP contribution < -0.4 is 10.5 Å². The molecule has 1 aliphatic rings. The number of carbonyl (C=O) groups is 1. The summed E-state index contributed by atoms with van der Waals surface area (Å²) in [7, 11) is 0. The maximum Gasteiger partial charge on any atom is 0.271 e. The van der Waals surface area contributed by atoms with Gasteiger partial charge in [-0.05, 0) is 42.5 Å². The fourth-order valence-electron chi connectivity index (χ4n) is 3.15. The molecule has 8 heteroatoms. The number of rotatable bonds is 3. The maximum atomic E-state index is 13.1. The predicted molar refractivity (Wildman–Crippen MR) is 102 cm³/mol. The molecule has 3 heterocycles. The van der Waals surface area contributed by atoms with Gasteiger partial charge >= 0.3 is 0 Å². The summed E-state index contributed by atoms with van der Waals surface area (Å²) in [5, 5.41) is 4.42. The van der Waals surface area contributed by atoms with E-state index in [9.17, 15) is 14.0 Å². The van der Waals surface area contributed by atoms with Gasteiger partial charge in [-0.2, -0.15) is 4.68 Å². The van der Waals surface area contributed by atoms with E-state index >= 15 is 0 Å². The molecule has 1 saturated heterocycles. The summed E-state index contributed by atoms with van der Waals surface area (Å²) < 4.78 is 14.4. The summed E-state index contributed by atoms with van der Waals surface area (Å²) >= 11 is 0. The molecular formula is C20H18FN5O2. The highest BCUT2D eigenvalue weighted by Crippen LogP contribution is 2.15. The van der Waals surface area contributed by atoms with Gasteiger partial charge < -0.3 is 9.80 Å². The summed E-state index contributed by atoms with van der Waals surface area (Å²) in [4.78, 5) is 32.5. The second-order valence-corrected chi connectivity index (χ2v) is 6.43. The highest BCUT2D eigenvalue weighted by atomic mass is 19.1. The van der Waals surface area contributed by atoms with E-state index in [-0.39, 0.29) is 17.3 Å². The van der Waals surface area contributed by atoms with Crippen LogP contribution in [0.25, 0.3) is 5.69 Å². The first-order valence-corrected chi connectivity index (χ1v) is 8.92. The van der Waals surface area contributed by atoms with Crippen molar-refractivity contribution in [2.45, 2.75) is 0 Å². The van der Waals surface area contributed by atoms with Crippen molar-refractivity contribution in [1.82, 2.24) is 19.7 Å². The topological polar surface area (TPSA) is 71.3 Å². The van der Waals surface area contributed by atoms with Crippen LogP contribution in [0, 0.1) is 5.82 Å². The Morgan fingerprint density at radius 1 is 0.893 bits per heavy atom. The Hall–Kier alpha value is -3.55. The Bertz CT molecular complexity index is 1030. The average Bonchev–Trinajstić information content (AvgIpc) is 2.75. The van der Waals surface area contributed by atoms with Crippen molar-refractivity contribution < 1.29 is 9.18 Å². The van der Waals surface area contributed by atoms with Crippen LogP contribution in [0.1, 0.15) is 10.4 Å². The van der Waals surface area contributed by atoms with Crippen molar-refractivity contribution in [3.05, 3.63) is 82.7 Å². The van der Waals surface area contributed by atoms with Crippen LogP contribution in [0.4, 0.5) is 10.2 Å². The Balaban J connectivity index is 1.49. The lowest BCUT2D eigenvalue weighted by Crippen LogP contribution is -2.49. The largest absolute Gasteiger partial charge is 0.352 e. The van der Waals surface area contributed by atoms with Crippen LogP contribution in [0.15, 0.2) is 65.7 Å². The third kappa shape index (κ3) is 3.62. The van der Waals surface area contributed by atoms with Gasteiger partial charge in [0.25, 0.3) is 11.5 Å². The van der Waals surface area contributed by atoms with E-state index in [1.165, 1.54) is 35.0 Å². The summed E-state index contributed by atoms with van der Waals surface area (Å²) in [6.07, 6.45) is 3.21. The number of halogens is 1. The summed E-state index contributed by atoms with van der Waals surface area (Å²) in [6, 6.07) is 12.1. The Labute approximate surface area is 160 Å². The SMILES string of the molecule is O=C(c1ccncc1)N1CCN(c2ccc(=O)n(-c3ccc(F)cc3)n2)CC1. The zero-order chi connectivity index (χ0) is 19.5. The molecule has 142 valence electrons. The number of benzene rings is 1. The molecular weight excluding hydrogens is 361 g/mol. The number of hydrogen-bond acceptors (Lipinski definition) is 5. The molecule has 1 fully saturated rings. The molecule has 7 nitrogen and oxygen atoms in total. The molecule has 4 rings (SSSR count). The van der Waals surface area contributed by atoms with Gasteiger partial charge in [-0.15, -0.1) is 5.10 Å². The molecule has 0 aliphatic carbocycles. The number of anilines is 1. The molecule has 3 aromatic rings. The van der Waals surface area contributed by atoms with E-state index < -0.39 is 0 Å². The molecule has 0 N–H and O–H groups in total. The molecule has 0 saturated carbocycles. The van der Waals surface area contributed by atoms with E-state index in [1.54, 1.807) is 35.5 Å². The highest BCUT2D eigenvalue weighted by molar-refractivity contribution is 5.94. The summed E-state index contributed by atoms with van der Waals surface area (Å²) in [5.41, 5.74) is 0.827. The molecule has 1 amide bonds. The number of nitrogens with zero attached hydrogens (tertiary/aromatic N) is 5. The van der Waals surface area contributed by atoms with Gasteiger partial charge in [-0.3, -0.25) is 14.6 Å². The molecule has 0 unspecified atom stereocenters. The number of aromatic nitrogens is 3. The van der Waals surface area contributed by atoms with Crippen LogP contribution in [0.2, 0.25) is 0 Å². The van der Waals surface area contributed by atoms with Crippen LogP contribution in [0.5, 0.6) is 0 Å². The van der Waals surface area contributed by atoms with E-state index in [0.717, 1.165) is 0 Å². The Kier molecular flexibility index (Phi) is 4.84. The quantitative estimate of drug-likeness (QED) is 0.693. The van der Waals surface area contributed by atoms with Crippen molar-refractivity contribution in [2.75, 3.05) is 31.1 Å². The number of hydrogen-bond donors (Lipinski definition) is 0. The standard InChI is InChI=1S/C20H18FN5O2/c21-16-1-3-17(4-2-16)26-19(27)6-5-18(23-26)24-11-13-25(14-12-24)20(28)15-7-9-22-10-8-15/h1-10H,11-14H2. The maximum absolute atomic E-state index is 13.1. The second-order valence-electron chi connectivity index (χ2n) is 6.43. The lowest BCUT2D eigenvalue weighted by molar-refractivity contribution is 0.0746. The Morgan fingerprint density at radius 3 is 2.25 bits per heavy atom. The normalized spacial score (nSPS) is 14.2. The first-order valence-electron chi connectivity index (χ1n) is 8.92. The van der Waals surface area contributed by atoms with Gasteiger partial charge in [0.15, 0.2) is 0 Å². The van der Waals surface area contributed by atoms with Crippen molar-refractivity contribution >= 4 is 11.7 Å². The molecule has 1 aromatic carbocycles. The van der Waals surface area contributed by atoms with E-state index in [4.69, 9.17) is 0 Å². The van der Waals surface area contributed by atoms with Gasteiger partial charge in [0, 0.05) is 50.2 Å². The third-order valence-electron chi connectivity index (χ3n) is 4.68. The van der Waals surface area contributed by atoms with Crippen LogP contribution in [-0.4, -0.2) is 51.8 Å². The third-order valence-corrected chi connectivity index (χ3v) is 4.68. The van der Waals surface area contributed by atoms with Crippen LogP contribution in [0.3, 0.4) is 0 Å². The van der Waals surface area contributed by atoms with Crippen molar-refractivity contribution in [1.29, 1.82) is 0 Å². The number of pyridine rings is 1. The predicted octanol–water partition coefficient (Wildman–Crippen LogP) is 1.73.